The van der Waals surface area contributed by atoms with Crippen molar-refractivity contribution < 1.29 is 14.3 Å². The first-order valence-electron chi connectivity index (χ1n) is 6.90. The molecule has 0 bridgehead atoms. The number of halogens is 1. The van der Waals surface area contributed by atoms with E-state index < -0.39 is 0 Å². The number of rotatable bonds is 3. The Morgan fingerprint density at radius 3 is 2.50 bits per heavy atom. The van der Waals surface area contributed by atoms with Crippen LogP contribution in [-0.2, 0) is 13.0 Å². The second kappa shape index (κ2) is 6.18. The zero-order chi connectivity index (χ0) is 15.7. The minimum atomic E-state index is -0.0135. The van der Waals surface area contributed by atoms with Crippen molar-refractivity contribution in [3.63, 3.8) is 0 Å². The number of methoxy groups -OCH3 is 2. The number of thiophene rings is 1. The minimum Gasteiger partial charge on any atom is -0.493 e. The maximum Gasteiger partial charge on any atom is 0.265 e. The SMILES string of the molecule is COc1cc2c(cc1OC)CN(C(=O)c1sccc1Cl)CC2. The quantitative estimate of drug-likeness (QED) is 0.858. The number of carbonyl (C=O) groups excluding carboxylic acids is 1. The van der Waals surface area contributed by atoms with Crippen LogP contribution in [0, 0.1) is 0 Å². The Kier molecular flexibility index (Phi) is 4.27. The van der Waals surface area contributed by atoms with Crippen LogP contribution in [0.3, 0.4) is 0 Å². The van der Waals surface area contributed by atoms with E-state index in [0.717, 1.165) is 17.7 Å². The van der Waals surface area contributed by atoms with Crippen LogP contribution in [0.1, 0.15) is 20.8 Å². The predicted octanol–water partition coefficient (Wildman–Crippen LogP) is 3.62. The van der Waals surface area contributed by atoms with Gasteiger partial charge in [-0.25, -0.2) is 0 Å². The molecule has 0 N–H and O–H groups in total. The van der Waals surface area contributed by atoms with Gasteiger partial charge in [0.1, 0.15) is 4.88 Å². The Morgan fingerprint density at radius 2 is 1.91 bits per heavy atom. The Bertz CT molecular complexity index is 713. The molecule has 1 aromatic heterocycles. The van der Waals surface area contributed by atoms with Gasteiger partial charge < -0.3 is 14.4 Å². The van der Waals surface area contributed by atoms with Gasteiger partial charge in [0, 0.05) is 13.1 Å². The van der Waals surface area contributed by atoms with Crippen LogP contribution in [0.25, 0.3) is 0 Å². The molecule has 0 aliphatic carbocycles. The molecule has 4 nitrogen and oxygen atoms in total. The normalized spacial score (nSPS) is 13.7. The molecule has 6 heteroatoms. The Hall–Kier alpha value is -1.72. The Balaban J connectivity index is 1.87. The maximum atomic E-state index is 12.6. The van der Waals surface area contributed by atoms with Gasteiger partial charge in [-0.2, -0.15) is 0 Å². The molecule has 1 aromatic carbocycles. The molecule has 0 unspecified atom stereocenters. The van der Waals surface area contributed by atoms with Gasteiger partial charge in [-0.15, -0.1) is 11.3 Å². The third kappa shape index (κ3) is 2.66. The van der Waals surface area contributed by atoms with E-state index in [9.17, 15) is 4.79 Å². The lowest BCUT2D eigenvalue weighted by Crippen LogP contribution is -2.35. The number of amides is 1. The summed E-state index contributed by atoms with van der Waals surface area (Å²) in [6, 6.07) is 5.70. The number of hydrogen-bond acceptors (Lipinski definition) is 4. The van der Waals surface area contributed by atoms with Crippen LogP contribution in [0.4, 0.5) is 0 Å². The largest absolute Gasteiger partial charge is 0.493 e. The van der Waals surface area contributed by atoms with Gasteiger partial charge in [-0.1, -0.05) is 11.6 Å². The zero-order valence-corrected chi connectivity index (χ0v) is 14.0. The molecule has 0 fully saturated rings. The van der Waals surface area contributed by atoms with Crippen LogP contribution < -0.4 is 9.47 Å². The highest BCUT2D eigenvalue weighted by molar-refractivity contribution is 7.12. The molecule has 2 aromatic rings. The van der Waals surface area contributed by atoms with Gasteiger partial charge in [-0.3, -0.25) is 4.79 Å². The minimum absolute atomic E-state index is 0.0135. The summed E-state index contributed by atoms with van der Waals surface area (Å²) in [4.78, 5) is 15.0. The van der Waals surface area contributed by atoms with Gasteiger partial charge >= 0.3 is 0 Å². The smallest absolute Gasteiger partial charge is 0.265 e. The van der Waals surface area contributed by atoms with Crippen molar-refractivity contribution in [1.82, 2.24) is 4.90 Å². The van der Waals surface area contributed by atoms with E-state index in [1.807, 2.05) is 22.4 Å². The second-order valence-corrected chi connectivity index (χ2v) is 6.37. The van der Waals surface area contributed by atoms with Gasteiger partial charge in [0.2, 0.25) is 0 Å². The molecule has 0 saturated carbocycles. The Morgan fingerprint density at radius 1 is 1.23 bits per heavy atom. The van der Waals surface area contributed by atoms with Crippen molar-refractivity contribution in [2.75, 3.05) is 20.8 Å². The number of nitrogens with zero attached hydrogens (tertiary/aromatic N) is 1. The van der Waals surface area contributed by atoms with Crippen LogP contribution in [0.5, 0.6) is 11.5 Å². The molecule has 1 aliphatic rings. The number of hydrogen-bond donors (Lipinski definition) is 0. The molecule has 0 radical (unpaired) electrons. The fourth-order valence-corrected chi connectivity index (χ4v) is 3.75. The number of carbonyl (C=O) groups is 1. The summed E-state index contributed by atoms with van der Waals surface area (Å²) in [6.45, 7) is 1.23. The van der Waals surface area contributed by atoms with Crippen LogP contribution >= 0.6 is 22.9 Å². The molecular weight excluding hydrogens is 322 g/mol. The lowest BCUT2D eigenvalue weighted by molar-refractivity contribution is 0.0739. The number of benzene rings is 1. The first-order chi connectivity index (χ1) is 10.6. The zero-order valence-electron chi connectivity index (χ0n) is 12.4. The number of ether oxygens (including phenoxy) is 2. The third-order valence-corrected chi connectivity index (χ3v) is 5.15. The summed E-state index contributed by atoms with van der Waals surface area (Å²) in [5, 5.41) is 2.36. The molecule has 3 rings (SSSR count). The van der Waals surface area contributed by atoms with E-state index in [-0.39, 0.29) is 5.91 Å². The van der Waals surface area contributed by atoms with Crippen molar-refractivity contribution in [1.29, 1.82) is 0 Å². The molecule has 0 atom stereocenters. The standard InChI is InChI=1S/C16H16ClNO3S/c1-20-13-7-10-3-5-18(9-11(10)8-14(13)21-2)16(19)15-12(17)4-6-22-15/h4,6-8H,3,5,9H2,1-2H3. The molecule has 22 heavy (non-hydrogen) atoms. The van der Waals surface area contributed by atoms with Gasteiger partial charge in [0.15, 0.2) is 11.5 Å². The Labute approximate surface area is 138 Å². The van der Waals surface area contributed by atoms with Gasteiger partial charge in [0.25, 0.3) is 5.91 Å². The summed E-state index contributed by atoms with van der Waals surface area (Å²) in [5.74, 6) is 1.40. The molecule has 1 aliphatic heterocycles. The van der Waals surface area contributed by atoms with Crippen molar-refractivity contribution in [3.8, 4) is 11.5 Å². The summed E-state index contributed by atoms with van der Waals surface area (Å²) in [6.07, 6.45) is 0.796. The maximum absolute atomic E-state index is 12.6. The molecule has 2 heterocycles. The average molecular weight is 338 g/mol. The summed E-state index contributed by atoms with van der Waals surface area (Å²) >= 11 is 7.45. The number of fused-ring (bicyclic) bond motifs is 1. The van der Waals surface area contributed by atoms with Crippen LogP contribution in [0.2, 0.25) is 5.02 Å². The highest BCUT2D eigenvalue weighted by Gasteiger charge is 2.25. The summed E-state index contributed by atoms with van der Waals surface area (Å²) < 4.78 is 10.7. The van der Waals surface area contributed by atoms with E-state index in [0.29, 0.717) is 28.7 Å². The predicted molar refractivity (Wildman–Crippen MR) is 87.3 cm³/mol. The topological polar surface area (TPSA) is 38.8 Å². The van der Waals surface area contributed by atoms with Crippen molar-refractivity contribution in [2.24, 2.45) is 0 Å². The van der Waals surface area contributed by atoms with E-state index in [4.69, 9.17) is 21.1 Å². The highest BCUT2D eigenvalue weighted by atomic mass is 35.5. The average Bonchev–Trinajstić information content (AvgIpc) is 2.98. The summed E-state index contributed by atoms with van der Waals surface area (Å²) in [7, 11) is 3.24. The summed E-state index contributed by atoms with van der Waals surface area (Å²) in [5.41, 5.74) is 2.28. The van der Waals surface area contributed by atoms with E-state index in [1.165, 1.54) is 16.9 Å². The van der Waals surface area contributed by atoms with E-state index >= 15 is 0 Å². The van der Waals surface area contributed by atoms with Crippen LogP contribution in [-0.4, -0.2) is 31.6 Å². The molecule has 1 amide bonds. The van der Waals surface area contributed by atoms with Gasteiger partial charge in [-0.05, 0) is 41.1 Å². The van der Waals surface area contributed by atoms with Gasteiger partial charge in [0.05, 0.1) is 19.2 Å². The third-order valence-electron chi connectivity index (χ3n) is 3.82. The van der Waals surface area contributed by atoms with Crippen molar-refractivity contribution in [3.05, 3.63) is 44.6 Å². The first-order valence-corrected chi connectivity index (χ1v) is 8.16. The molecule has 0 saturated heterocycles. The van der Waals surface area contributed by atoms with Crippen molar-refractivity contribution >= 4 is 28.8 Å². The monoisotopic (exact) mass is 337 g/mol. The van der Waals surface area contributed by atoms with Crippen LogP contribution in [0.15, 0.2) is 23.6 Å². The van der Waals surface area contributed by atoms with E-state index in [1.54, 1.807) is 20.3 Å². The molecule has 116 valence electrons. The fourth-order valence-electron chi connectivity index (χ4n) is 2.65. The molecular formula is C16H16ClNO3S. The molecule has 0 spiro atoms. The highest BCUT2D eigenvalue weighted by Crippen LogP contribution is 2.34. The lowest BCUT2D eigenvalue weighted by Gasteiger charge is -2.29. The first kappa shape index (κ1) is 15.2. The second-order valence-electron chi connectivity index (χ2n) is 5.05. The fraction of sp³-hybridized carbons (Fsp3) is 0.312. The van der Waals surface area contributed by atoms with E-state index in [2.05, 4.69) is 0 Å². The lowest BCUT2D eigenvalue weighted by atomic mass is 9.98. The van der Waals surface area contributed by atoms with Crippen molar-refractivity contribution in [2.45, 2.75) is 13.0 Å².